The van der Waals surface area contributed by atoms with Gasteiger partial charge in [0.25, 0.3) is 0 Å². The predicted molar refractivity (Wildman–Crippen MR) is 178 cm³/mol. The van der Waals surface area contributed by atoms with Gasteiger partial charge in [-0.05, 0) is 44.9 Å². The summed E-state index contributed by atoms with van der Waals surface area (Å²) >= 11 is 0. The fourth-order valence-corrected chi connectivity index (χ4v) is 4.75. The lowest BCUT2D eigenvalue weighted by Crippen LogP contribution is -2.28. The Morgan fingerprint density at radius 1 is 0.619 bits per heavy atom. The first-order chi connectivity index (χ1) is 22.4. The van der Waals surface area contributed by atoms with Gasteiger partial charge in [0.2, 0.25) is 0 Å². The maximum atomic E-state index is 12.4. The minimum atomic E-state index is -3.61. The molecule has 5 heteroatoms. The lowest BCUT2D eigenvalue weighted by molar-refractivity contribution is -0.161. The van der Waals surface area contributed by atoms with E-state index in [-0.39, 0.29) is 12.8 Å². The van der Waals surface area contributed by atoms with E-state index in [4.69, 9.17) is 16.3 Å². The molecule has 1 N–H and O–H groups in total. The van der Waals surface area contributed by atoms with E-state index in [2.05, 4.69) is 38.2 Å². The molecule has 0 aliphatic heterocycles. The molecule has 0 aromatic heterocycles. The fraction of sp³-hybridized carbons (Fsp3) is 0.838. The molecule has 0 amide bonds. The van der Waals surface area contributed by atoms with Gasteiger partial charge in [0.1, 0.15) is 6.56 Å². The van der Waals surface area contributed by atoms with E-state index in [0.29, 0.717) is 12.8 Å². The van der Waals surface area contributed by atoms with E-state index >= 15 is 0 Å². The predicted octanol–water partition coefficient (Wildman–Crippen LogP) is 10.7. The Balaban J connectivity index is 4.27. The van der Waals surface area contributed by atoms with Gasteiger partial charge in [-0.1, -0.05) is 147 Å². The molecule has 0 aliphatic carbocycles. The quantitative estimate of drug-likeness (QED) is 0.0474. The van der Waals surface area contributed by atoms with Gasteiger partial charge >= 0.3 is 11.9 Å². The molecule has 1 atom stereocenters. The van der Waals surface area contributed by atoms with Crippen LogP contribution in [0.5, 0.6) is 0 Å². The number of hydrogen-bond acceptors (Lipinski definition) is 5. The Bertz CT molecular complexity index is 843. The summed E-state index contributed by atoms with van der Waals surface area (Å²) in [6, 6.07) is 0. The second-order valence-electron chi connectivity index (χ2n) is 11.5. The van der Waals surface area contributed by atoms with Crippen molar-refractivity contribution in [1.82, 2.24) is 0 Å². The van der Waals surface area contributed by atoms with Crippen molar-refractivity contribution >= 4 is 11.9 Å². The number of unbranched alkanes of at least 4 members (excludes halogenated alkanes) is 20. The highest BCUT2D eigenvalue weighted by atomic mass is 16.6. The van der Waals surface area contributed by atoms with Crippen molar-refractivity contribution in [2.24, 2.45) is 0 Å². The first kappa shape index (κ1) is 31.8. The number of rotatable bonds is 32. The zero-order valence-electron chi connectivity index (χ0n) is 32.3. The van der Waals surface area contributed by atoms with E-state index in [0.717, 1.165) is 70.6 Å². The van der Waals surface area contributed by atoms with Crippen LogP contribution in [0.2, 0.25) is 0 Å². The molecule has 0 saturated heterocycles. The molecule has 42 heavy (non-hydrogen) atoms. The first-order valence-electron chi connectivity index (χ1n) is 19.9. The van der Waals surface area contributed by atoms with Gasteiger partial charge < -0.3 is 14.6 Å². The molecule has 0 aliphatic rings. The van der Waals surface area contributed by atoms with Crippen LogP contribution in [-0.2, 0) is 19.1 Å². The van der Waals surface area contributed by atoms with E-state index in [1.165, 1.54) is 70.6 Å². The van der Waals surface area contributed by atoms with Crippen molar-refractivity contribution in [3.63, 3.8) is 0 Å². The van der Waals surface area contributed by atoms with Crippen molar-refractivity contribution < 1.29 is 31.0 Å². The lowest BCUT2D eigenvalue weighted by atomic mass is 10.0. The maximum Gasteiger partial charge on any atom is 0.306 e. The van der Waals surface area contributed by atoms with Gasteiger partial charge in [-0.2, -0.15) is 0 Å². The van der Waals surface area contributed by atoms with Crippen LogP contribution in [0.15, 0.2) is 24.3 Å². The SMILES string of the molecule is [2H]C([2H])(O)C([2H])(OC(=O)CCCCCCC/C=C\C/C=C\CCCCC)C([2H])([2H])OC(=O)CCCCCCCCCCCCCCC. The zero-order chi connectivity index (χ0) is 35.3. The zero-order valence-corrected chi connectivity index (χ0v) is 27.3. The molecule has 0 radical (unpaired) electrons. The highest BCUT2D eigenvalue weighted by Crippen LogP contribution is 2.14. The van der Waals surface area contributed by atoms with Crippen molar-refractivity contribution in [1.29, 1.82) is 0 Å². The van der Waals surface area contributed by atoms with E-state index in [9.17, 15) is 14.7 Å². The molecule has 0 rings (SSSR count). The number of ether oxygens (including phenoxy) is 2. The van der Waals surface area contributed by atoms with Crippen LogP contribution < -0.4 is 0 Å². The number of esters is 2. The largest absolute Gasteiger partial charge is 0.462 e. The summed E-state index contributed by atoms with van der Waals surface area (Å²) in [5, 5.41) is 9.96. The number of aliphatic hydroxyl groups is 1. The minimum absolute atomic E-state index is 0.109. The lowest BCUT2D eigenvalue weighted by Gasteiger charge is -2.15. The molecule has 0 fully saturated rings. The second-order valence-corrected chi connectivity index (χ2v) is 11.5. The minimum Gasteiger partial charge on any atom is -0.462 e. The normalized spacial score (nSPS) is 15.5. The van der Waals surface area contributed by atoms with Gasteiger partial charge in [-0.15, -0.1) is 0 Å². The molecule has 0 heterocycles. The van der Waals surface area contributed by atoms with Gasteiger partial charge in [0, 0.05) is 12.8 Å². The van der Waals surface area contributed by atoms with Crippen LogP contribution in [0.1, 0.15) is 188 Å². The van der Waals surface area contributed by atoms with Crippen LogP contribution in [0.4, 0.5) is 0 Å². The summed E-state index contributed by atoms with van der Waals surface area (Å²) in [6.45, 7) is -2.58. The summed E-state index contributed by atoms with van der Waals surface area (Å²) in [6.07, 6.45) is 30.7. The van der Waals surface area contributed by atoms with E-state index in [1.807, 2.05) is 0 Å². The van der Waals surface area contributed by atoms with Crippen LogP contribution in [0.25, 0.3) is 0 Å². The summed E-state index contributed by atoms with van der Waals surface area (Å²) in [5.41, 5.74) is 0. The van der Waals surface area contributed by atoms with Crippen molar-refractivity contribution in [2.75, 3.05) is 13.1 Å². The Morgan fingerprint density at radius 2 is 1.02 bits per heavy atom. The maximum absolute atomic E-state index is 12.4. The van der Waals surface area contributed by atoms with Gasteiger partial charge in [0.15, 0.2) is 6.08 Å². The molecular weight excluding hydrogens is 524 g/mol. The summed E-state index contributed by atoms with van der Waals surface area (Å²) in [7, 11) is 0. The van der Waals surface area contributed by atoms with Crippen LogP contribution in [0, 0.1) is 0 Å². The van der Waals surface area contributed by atoms with Crippen LogP contribution in [-0.4, -0.2) is 36.2 Å². The third-order valence-corrected chi connectivity index (χ3v) is 7.39. The van der Waals surface area contributed by atoms with Crippen molar-refractivity contribution in [3.8, 4) is 0 Å². The molecule has 0 bridgehead atoms. The van der Waals surface area contributed by atoms with E-state index in [1.54, 1.807) is 0 Å². The van der Waals surface area contributed by atoms with Gasteiger partial charge in [-0.3, -0.25) is 9.59 Å². The standard InChI is InChI=1S/C37H68O5/c1-3-5-7-9-11-13-15-17-18-20-22-24-26-28-30-32-37(40)42-35(33-38)34-41-36(39)31-29-27-25-23-21-19-16-14-12-10-8-6-4-2/h11,13,17-18,35,38H,3-10,12,14-16,19-34H2,1-2H3/b13-11-,18-17-/i33D2,34D2,35D. The average molecular weight is 598 g/mol. The van der Waals surface area contributed by atoms with Gasteiger partial charge in [0.05, 0.1) is 13.4 Å². The highest BCUT2D eigenvalue weighted by molar-refractivity contribution is 5.70. The Labute approximate surface area is 267 Å². The third kappa shape index (κ3) is 31.3. The van der Waals surface area contributed by atoms with Crippen molar-refractivity contribution in [3.05, 3.63) is 24.3 Å². The Kier molecular flexibility index (Phi) is 25.6. The number of carbonyl (C=O) groups excluding carboxylic acids is 2. The monoisotopic (exact) mass is 598 g/mol. The summed E-state index contributed by atoms with van der Waals surface area (Å²) in [4.78, 5) is 24.8. The third-order valence-electron chi connectivity index (χ3n) is 7.39. The molecule has 0 saturated carbocycles. The van der Waals surface area contributed by atoms with Gasteiger partial charge in [-0.25, -0.2) is 0 Å². The number of hydrogen-bond donors (Lipinski definition) is 1. The Hall–Kier alpha value is -1.62. The molecular formula is C37H68O5. The smallest absolute Gasteiger partial charge is 0.306 e. The van der Waals surface area contributed by atoms with Crippen molar-refractivity contribution in [2.45, 2.75) is 187 Å². The number of allylic oxidation sites excluding steroid dienone is 4. The highest BCUT2D eigenvalue weighted by Gasteiger charge is 2.16. The van der Waals surface area contributed by atoms with E-state index < -0.39 is 31.1 Å². The summed E-state index contributed by atoms with van der Waals surface area (Å²) in [5.74, 6) is -2.00. The number of carbonyl (C=O) groups is 2. The first-order valence-corrected chi connectivity index (χ1v) is 17.4. The second kappa shape index (κ2) is 33.9. The van der Waals surface area contributed by atoms with Crippen LogP contribution in [0.3, 0.4) is 0 Å². The molecule has 0 aromatic rings. The topological polar surface area (TPSA) is 72.8 Å². The summed E-state index contributed by atoms with van der Waals surface area (Å²) < 4.78 is 49.2. The molecule has 1 unspecified atom stereocenters. The molecule has 0 spiro atoms. The Morgan fingerprint density at radius 3 is 1.52 bits per heavy atom. The fourth-order valence-electron chi connectivity index (χ4n) is 4.75. The molecule has 0 aromatic carbocycles. The molecule has 5 nitrogen and oxygen atoms in total. The average Bonchev–Trinajstić information content (AvgIpc) is 3.00. The van der Waals surface area contributed by atoms with Crippen LogP contribution >= 0.6 is 0 Å². The molecule has 246 valence electrons.